The zero-order valence-corrected chi connectivity index (χ0v) is 13.7. The van der Waals surface area contributed by atoms with Crippen LogP contribution in [0.25, 0.3) is 0 Å². The molecule has 0 aromatic carbocycles. The van der Waals surface area contributed by atoms with Crippen LogP contribution in [0.2, 0.25) is 0 Å². The lowest BCUT2D eigenvalue weighted by atomic mass is 9.84. The second-order valence-corrected chi connectivity index (χ2v) is 7.46. The molecule has 0 radical (unpaired) electrons. The van der Waals surface area contributed by atoms with Gasteiger partial charge in [-0.1, -0.05) is 34.6 Å². The Morgan fingerprint density at radius 3 is 1.95 bits per heavy atom. The maximum absolute atomic E-state index is 3.68. The quantitative estimate of drug-likeness (QED) is 0.791. The van der Waals surface area contributed by atoms with E-state index in [4.69, 9.17) is 0 Å². The summed E-state index contributed by atoms with van der Waals surface area (Å²) in [7, 11) is 0. The molecule has 2 heteroatoms. The van der Waals surface area contributed by atoms with E-state index in [1.807, 2.05) is 0 Å². The van der Waals surface area contributed by atoms with E-state index >= 15 is 0 Å². The van der Waals surface area contributed by atoms with Gasteiger partial charge >= 0.3 is 0 Å². The van der Waals surface area contributed by atoms with E-state index < -0.39 is 0 Å². The van der Waals surface area contributed by atoms with Gasteiger partial charge < -0.3 is 5.32 Å². The van der Waals surface area contributed by atoms with Crippen molar-refractivity contribution in [3.05, 3.63) is 0 Å². The molecule has 2 rings (SSSR count). The van der Waals surface area contributed by atoms with Gasteiger partial charge in [-0.2, -0.15) is 0 Å². The van der Waals surface area contributed by atoms with Crippen molar-refractivity contribution in [1.82, 2.24) is 10.2 Å². The van der Waals surface area contributed by atoms with Crippen LogP contribution in [0.5, 0.6) is 0 Å². The maximum Gasteiger partial charge on any atom is 0.0114 e. The fourth-order valence-electron chi connectivity index (χ4n) is 4.46. The maximum atomic E-state index is 3.68. The number of fused-ring (bicyclic) bond motifs is 2. The van der Waals surface area contributed by atoms with Crippen LogP contribution in [0.15, 0.2) is 0 Å². The zero-order valence-electron chi connectivity index (χ0n) is 13.7. The monoisotopic (exact) mass is 266 g/mol. The van der Waals surface area contributed by atoms with Crippen LogP contribution in [0.1, 0.15) is 60.3 Å². The first kappa shape index (κ1) is 15.3. The van der Waals surface area contributed by atoms with Gasteiger partial charge in [-0.05, 0) is 50.0 Å². The molecule has 2 saturated heterocycles. The highest BCUT2D eigenvalue weighted by Gasteiger charge is 2.41. The molecule has 0 spiro atoms. The van der Waals surface area contributed by atoms with Crippen LogP contribution in [-0.4, -0.2) is 36.1 Å². The van der Waals surface area contributed by atoms with E-state index in [2.05, 4.69) is 44.8 Å². The number of piperidine rings is 1. The van der Waals surface area contributed by atoms with Crippen LogP contribution in [0, 0.1) is 17.8 Å². The van der Waals surface area contributed by atoms with E-state index in [1.165, 1.54) is 32.2 Å². The highest BCUT2D eigenvalue weighted by Crippen LogP contribution is 2.37. The molecule has 2 heterocycles. The topological polar surface area (TPSA) is 15.3 Å². The normalized spacial score (nSPS) is 31.9. The van der Waals surface area contributed by atoms with Crippen molar-refractivity contribution in [1.29, 1.82) is 0 Å². The van der Waals surface area contributed by atoms with Crippen molar-refractivity contribution in [2.45, 2.75) is 78.4 Å². The third-order valence-corrected chi connectivity index (χ3v) is 5.51. The van der Waals surface area contributed by atoms with Crippen molar-refractivity contribution < 1.29 is 0 Å². The highest BCUT2D eigenvalue weighted by atomic mass is 15.2. The summed E-state index contributed by atoms with van der Waals surface area (Å²) < 4.78 is 0. The van der Waals surface area contributed by atoms with Gasteiger partial charge in [0.1, 0.15) is 0 Å². The molecule has 112 valence electrons. The van der Waals surface area contributed by atoms with Crippen LogP contribution < -0.4 is 5.32 Å². The molecule has 19 heavy (non-hydrogen) atoms. The third kappa shape index (κ3) is 3.52. The molecular weight excluding hydrogens is 232 g/mol. The molecule has 0 aromatic rings. The van der Waals surface area contributed by atoms with E-state index in [0.717, 1.165) is 42.4 Å². The minimum atomic E-state index is 0.787. The molecule has 0 aliphatic carbocycles. The number of nitrogens with zero attached hydrogens (tertiary/aromatic N) is 1. The predicted molar refractivity (Wildman–Crippen MR) is 83.4 cm³/mol. The van der Waals surface area contributed by atoms with E-state index in [-0.39, 0.29) is 0 Å². The Morgan fingerprint density at radius 2 is 1.53 bits per heavy atom. The lowest BCUT2D eigenvalue weighted by Crippen LogP contribution is -2.51. The lowest BCUT2D eigenvalue weighted by molar-refractivity contribution is 0.0742. The Morgan fingerprint density at radius 1 is 1.00 bits per heavy atom. The van der Waals surface area contributed by atoms with Gasteiger partial charge in [0.05, 0.1) is 0 Å². The van der Waals surface area contributed by atoms with Gasteiger partial charge in [0.25, 0.3) is 0 Å². The SMILES string of the molecule is CCNC1CC2CCC(C1)N2CC(C(C)C)C(C)C. The standard InChI is InChI=1S/C17H34N2/c1-6-18-14-9-15-7-8-16(10-14)19(15)11-17(12(2)3)13(4)5/h12-18H,6-11H2,1-5H3. The Balaban J connectivity index is 1.95. The zero-order chi connectivity index (χ0) is 14.0. The molecule has 0 saturated carbocycles. The molecule has 2 unspecified atom stereocenters. The number of hydrogen-bond acceptors (Lipinski definition) is 2. The summed E-state index contributed by atoms with van der Waals surface area (Å²) in [5.41, 5.74) is 0. The van der Waals surface area contributed by atoms with Gasteiger partial charge in [-0.25, -0.2) is 0 Å². The second-order valence-electron chi connectivity index (χ2n) is 7.46. The van der Waals surface area contributed by atoms with Crippen molar-refractivity contribution in [2.75, 3.05) is 13.1 Å². The smallest absolute Gasteiger partial charge is 0.0114 e. The molecule has 2 bridgehead atoms. The molecule has 2 aliphatic rings. The van der Waals surface area contributed by atoms with Crippen molar-refractivity contribution in [3.63, 3.8) is 0 Å². The van der Waals surface area contributed by atoms with E-state index in [1.54, 1.807) is 0 Å². The molecule has 0 amide bonds. The van der Waals surface area contributed by atoms with Gasteiger partial charge in [-0.15, -0.1) is 0 Å². The molecule has 0 aromatic heterocycles. The number of hydrogen-bond donors (Lipinski definition) is 1. The summed E-state index contributed by atoms with van der Waals surface area (Å²) in [4.78, 5) is 2.87. The van der Waals surface area contributed by atoms with Gasteiger partial charge in [0.2, 0.25) is 0 Å². The van der Waals surface area contributed by atoms with Crippen LogP contribution >= 0.6 is 0 Å². The molecule has 2 aliphatic heterocycles. The summed E-state index contributed by atoms with van der Waals surface area (Å²) in [6, 6.07) is 2.51. The number of rotatable bonds is 6. The largest absolute Gasteiger partial charge is 0.314 e. The van der Waals surface area contributed by atoms with Crippen LogP contribution in [0.3, 0.4) is 0 Å². The molecule has 2 atom stereocenters. The van der Waals surface area contributed by atoms with Gasteiger partial charge in [0, 0.05) is 24.7 Å². The highest BCUT2D eigenvalue weighted by molar-refractivity contribution is 4.98. The summed E-state index contributed by atoms with van der Waals surface area (Å²) in [5.74, 6) is 2.48. The Bertz CT molecular complexity index is 252. The van der Waals surface area contributed by atoms with E-state index in [9.17, 15) is 0 Å². The summed E-state index contributed by atoms with van der Waals surface area (Å²) in [6.45, 7) is 14.3. The summed E-state index contributed by atoms with van der Waals surface area (Å²) in [5, 5.41) is 3.68. The minimum Gasteiger partial charge on any atom is -0.314 e. The van der Waals surface area contributed by atoms with Gasteiger partial charge in [0.15, 0.2) is 0 Å². The first-order chi connectivity index (χ1) is 9.02. The molecular formula is C17H34N2. The lowest BCUT2D eigenvalue weighted by Gasteiger charge is -2.42. The molecule has 1 N–H and O–H groups in total. The first-order valence-electron chi connectivity index (χ1n) is 8.52. The molecule has 2 fully saturated rings. The van der Waals surface area contributed by atoms with Crippen LogP contribution in [0.4, 0.5) is 0 Å². The van der Waals surface area contributed by atoms with E-state index in [0.29, 0.717) is 0 Å². The fraction of sp³-hybridized carbons (Fsp3) is 1.00. The number of nitrogens with one attached hydrogen (secondary N) is 1. The van der Waals surface area contributed by atoms with Crippen molar-refractivity contribution >= 4 is 0 Å². The van der Waals surface area contributed by atoms with Crippen molar-refractivity contribution in [2.24, 2.45) is 17.8 Å². The summed E-state index contributed by atoms with van der Waals surface area (Å²) in [6.07, 6.45) is 5.64. The Kier molecular flexibility index (Phi) is 5.30. The van der Waals surface area contributed by atoms with Gasteiger partial charge in [-0.3, -0.25) is 4.90 Å². The second kappa shape index (κ2) is 6.58. The van der Waals surface area contributed by atoms with Crippen LogP contribution in [-0.2, 0) is 0 Å². The summed E-state index contributed by atoms with van der Waals surface area (Å²) >= 11 is 0. The third-order valence-electron chi connectivity index (χ3n) is 5.51. The van der Waals surface area contributed by atoms with Crippen molar-refractivity contribution in [3.8, 4) is 0 Å². The average molecular weight is 266 g/mol. The Hall–Kier alpha value is -0.0800. The predicted octanol–water partition coefficient (Wildman–Crippen LogP) is 3.52. The Labute approximate surface area is 120 Å². The average Bonchev–Trinajstić information content (AvgIpc) is 2.56. The first-order valence-corrected chi connectivity index (χ1v) is 8.52. The fourth-order valence-corrected chi connectivity index (χ4v) is 4.46. The molecule has 2 nitrogen and oxygen atoms in total. The minimum absolute atomic E-state index is 0.787.